The number of carbonyl (C=O) groups is 2. The summed E-state index contributed by atoms with van der Waals surface area (Å²) >= 11 is 2.10. The highest BCUT2D eigenvalue weighted by Gasteiger charge is 2.25. The van der Waals surface area contributed by atoms with Gasteiger partial charge in [-0.25, -0.2) is 9.82 Å². The van der Waals surface area contributed by atoms with Crippen molar-refractivity contribution in [1.29, 1.82) is 5.26 Å². The Labute approximate surface area is 234 Å². The van der Waals surface area contributed by atoms with Gasteiger partial charge < -0.3 is 14.8 Å². The fourth-order valence-corrected chi connectivity index (χ4v) is 4.28. The summed E-state index contributed by atoms with van der Waals surface area (Å²) in [6, 6.07) is 17.5. The molecule has 0 fully saturated rings. The number of hydrogen-bond acceptors (Lipinski definition) is 6. The molecule has 2 amide bonds. The molecule has 0 heterocycles. The fourth-order valence-electron chi connectivity index (χ4n) is 3.50. The maximum absolute atomic E-state index is 14.0. The molecule has 0 bridgehead atoms. The summed E-state index contributed by atoms with van der Waals surface area (Å²) in [5.41, 5.74) is 4.21. The number of methoxy groups -OCH3 is 1. The van der Waals surface area contributed by atoms with Gasteiger partial charge in [0.15, 0.2) is 11.5 Å². The fraction of sp³-hybridized carbons (Fsp3) is 0.214. The molecule has 0 aliphatic rings. The molecule has 3 rings (SSSR count). The van der Waals surface area contributed by atoms with Crippen LogP contribution >= 0.6 is 22.6 Å². The molecule has 2 N–H and O–H groups in total. The molecule has 0 aromatic heterocycles. The highest BCUT2D eigenvalue weighted by Crippen LogP contribution is 2.34. The number of hydrogen-bond donors (Lipinski definition) is 2. The van der Waals surface area contributed by atoms with Crippen LogP contribution in [0, 0.1) is 26.6 Å². The van der Waals surface area contributed by atoms with Crippen molar-refractivity contribution in [2.75, 3.05) is 7.11 Å². The minimum absolute atomic E-state index is 0.144. The molecule has 1 unspecified atom stereocenters. The van der Waals surface area contributed by atoms with Gasteiger partial charge in [-0.15, -0.1) is 0 Å². The second-order valence-corrected chi connectivity index (χ2v) is 9.66. The van der Waals surface area contributed by atoms with Crippen molar-refractivity contribution in [3.8, 4) is 17.6 Å². The van der Waals surface area contributed by atoms with Gasteiger partial charge in [-0.2, -0.15) is 10.4 Å². The second-order valence-electron chi connectivity index (χ2n) is 8.50. The smallest absolute Gasteiger partial charge is 0.262 e. The molecule has 10 heteroatoms. The Balaban J connectivity index is 1.68. The van der Waals surface area contributed by atoms with Gasteiger partial charge >= 0.3 is 0 Å². The summed E-state index contributed by atoms with van der Waals surface area (Å²) in [6.07, 6.45) is 1.44. The van der Waals surface area contributed by atoms with Crippen molar-refractivity contribution in [2.45, 2.75) is 26.5 Å². The number of nitrogens with one attached hydrogen (secondary N) is 2. The van der Waals surface area contributed by atoms with Gasteiger partial charge in [0.1, 0.15) is 18.5 Å². The van der Waals surface area contributed by atoms with Crippen LogP contribution < -0.4 is 20.2 Å². The first-order chi connectivity index (χ1) is 18.2. The third kappa shape index (κ3) is 7.29. The molecule has 8 nitrogen and oxygen atoms in total. The SMILES string of the molecule is COc1cc(/C=N/NC(=O)C(NC(=O)c2ccccc2F)C(C)C)cc(I)c1OCc1ccccc1C#N. The number of ether oxygens (including phenoxy) is 2. The number of halogens is 2. The van der Waals surface area contributed by atoms with E-state index in [0.717, 1.165) is 9.13 Å². The molecule has 1 atom stereocenters. The van der Waals surface area contributed by atoms with Crippen molar-refractivity contribution in [3.05, 3.63) is 92.3 Å². The van der Waals surface area contributed by atoms with Crippen LogP contribution in [0.25, 0.3) is 0 Å². The molecule has 196 valence electrons. The van der Waals surface area contributed by atoms with Gasteiger partial charge in [0.2, 0.25) is 0 Å². The van der Waals surface area contributed by atoms with Gasteiger partial charge in [0.05, 0.1) is 34.1 Å². The van der Waals surface area contributed by atoms with E-state index in [1.807, 2.05) is 12.1 Å². The minimum atomic E-state index is -0.930. The van der Waals surface area contributed by atoms with Crippen LogP contribution in [0.1, 0.15) is 40.9 Å². The first-order valence-electron chi connectivity index (χ1n) is 11.6. The Kier molecular flexibility index (Phi) is 10.2. The molecular formula is C28H26FIN4O4. The quantitative estimate of drug-likeness (QED) is 0.191. The largest absolute Gasteiger partial charge is 0.493 e. The standard InChI is InChI=1S/C28H26FIN4O4/c1-17(2)25(33-27(35)21-10-6-7-11-22(21)29)28(36)34-32-15-18-12-23(30)26(24(13-18)37-3)38-16-20-9-5-4-8-19(20)14-31/h4-13,15,17,25H,16H2,1-3H3,(H,33,35)(H,34,36)/b32-15+. The number of nitriles is 1. The van der Waals surface area contributed by atoms with E-state index in [-0.39, 0.29) is 18.1 Å². The van der Waals surface area contributed by atoms with Crippen LogP contribution in [0.4, 0.5) is 4.39 Å². The zero-order chi connectivity index (χ0) is 27.7. The number of hydrazone groups is 1. The first kappa shape index (κ1) is 28.6. The number of carbonyl (C=O) groups excluding carboxylic acids is 2. The normalized spacial score (nSPS) is 11.6. The molecule has 3 aromatic rings. The van der Waals surface area contributed by atoms with Gasteiger partial charge in [0, 0.05) is 5.56 Å². The Morgan fingerprint density at radius 1 is 1.16 bits per heavy atom. The molecule has 0 aliphatic carbocycles. The molecule has 3 aromatic carbocycles. The minimum Gasteiger partial charge on any atom is -0.493 e. The monoisotopic (exact) mass is 628 g/mol. The molecule has 0 aliphatic heterocycles. The van der Waals surface area contributed by atoms with Crippen LogP contribution in [0.15, 0.2) is 65.8 Å². The summed E-state index contributed by atoms with van der Waals surface area (Å²) in [6.45, 7) is 3.71. The maximum atomic E-state index is 14.0. The summed E-state index contributed by atoms with van der Waals surface area (Å²) in [5, 5.41) is 15.9. The van der Waals surface area contributed by atoms with E-state index in [1.54, 1.807) is 44.2 Å². The Morgan fingerprint density at radius 3 is 2.55 bits per heavy atom. The Hall–Kier alpha value is -3.98. The summed E-state index contributed by atoms with van der Waals surface area (Å²) in [7, 11) is 1.51. The van der Waals surface area contributed by atoms with Crippen molar-refractivity contribution in [3.63, 3.8) is 0 Å². The van der Waals surface area contributed by atoms with Gasteiger partial charge in [-0.1, -0.05) is 44.2 Å². The zero-order valence-electron chi connectivity index (χ0n) is 21.0. The van der Waals surface area contributed by atoms with Crippen LogP contribution in [0.2, 0.25) is 0 Å². The molecule has 38 heavy (non-hydrogen) atoms. The van der Waals surface area contributed by atoms with E-state index in [9.17, 15) is 19.2 Å². The third-order valence-corrected chi connectivity index (χ3v) is 6.31. The molecular weight excluding hydrogens is 602 g/mol. The predicted molar refractivity (Wildman–Crippen MR) is 149 cm³/mol. The first-order valence-corrected chi connectivity index (χ1v) is 12.7. The number of rotatable bonds is 10. The summed E-state index contributed by atoms with van der Waals surface area (Å²) in [4.78, 5) is 25.2. The highest BCUT2D eigenvalue weighted by atomic mass is 127. The lowest BCUT2D eigenvalue weighted by molar-refractivity contribution is -0.123. The van der Waals surface area contributed by atoms with Crippen molar-refractivity contribution in [2.24, 2.45) is 11.0 Å². The lowest BCUT2D eigenvalue weighted by Gasteiger charge is -2.20. The van der Waals surface area contributed by atoms with Crippen LogP contribution in [0.3, 0.4) is 0 Å². The predicted octanol–water partition coefficient (Wildman–Crippen LogP) is 4.79. The number of benzene rings is 3. The van der Waals surface area contributed by atoms with Crippen molar-refractivity contribution >= 4 is 40.6 Å². The zero-order valence-corrected chi connectivity index (χ0v) is 23.2. The Bertz CT molecular complexity index is 1390. The third-order valence-electron chi connectivity index (χ3n) is 5.50. The lowest BCUT2D eigenvalue weighted by atomic mass is 10.0. The van der Waals surface area contributed by atoms with E-state index >= 15 is 0 Å². The Morgan fingerprint density at radius 2 is 1.87 bits per heavy atom. The highest BCUT2D eigenvalue weighted by molar-refractivity contribution is 14.1. The summed E-state index contributed by atoms with van der Waals surface area (Å²) in [5.74, 6) is -1.21. The number of amides is 2. The van der Waals surface area contributed by atoms with E-state index in [1.165, 1.54) is 31.5 Å². The van der Waals surface area contributed by atoms with Gasteiger partial charge in [-0.3, -0.25) is 9.59 Å². The molecule has 0 saturated heterocycles. The molecule has 0 spiro atoms. The summed E-state index contributed by atoms with van der Waals surface area (Å²) < 4.78 is 26.1. The van der Waals surface area contributed by atoms with Crippen LogP contribution in [-0.4, -0.2) is 31.2 Å². The van der Waals surface area contributed by atoms with E-state index in [0.29, 0.717) is 22.6 Å². The number of nitrogens with zero attached hydrogens (tertiary/aromatic N) is 2. The van der Waals surface area contributed by atoms with E-state index < -0.39 is 23.7 Å². The van der Waals surface area contributed by atoms with E-state index in [4.69, 9.17) is 9.47 Å². The molecule has 0 saturated carbocycles. The van der Waals surface area contributed by atoms with Crippen LogP contribution in [0.5, 0.6) is 11.5 Å². The average molecular weight is 628 g/mol. The average Bonchev–Trinajstić information content (AvgIpc) is 2.90. The lowest BCUT2D eigenvalue weighted by Crippen LogP contribution is -2.48. The van der Waals surface area contributed by atoms with Crippen molar-refractivity contribution < 1.29 is 23.5 Å². The van der Waals surface area contributed by atoms with Crippen LogP contribution in [-0.2, 0) is 11.4 Å². The molecule has 0 radical (unpaired) electrons. The van der Waals surface area contributed by atoms with Gasteiger partial charge in [0.25, 0.3) is 11.8 Å². The maximum Gasteiger partial charge on any atom is 0.262 e. The van der Waals surface area contributed by atoms with Crippen molar-refractivity contribution in [1.82, 2.24) is 10.7 Å². The van der Waals surface area contributed by atoms with Gasteiger partial charge in [-0.05, 0) is 64.4 Å². The van der Waals surface area contributed by atoms with E-state index in [2.05, 4.69) is 44.5 Å². The topological polar surface area (TPSA) is 113 Å². The second kappa shape index (κ2) is 13.5.